The summed E-state index contributed by atoms with van der Waals surface area (Å²) in [7, 11) is 0. The lowest BCUT2D eigenvalue weighted by Crippen LogP contribution is -2.34. The van der Waals surface area contributed by atoms with E-state index >= 15 is 0 Å². The van der Waals surface area contributed by atoms with Crippen LogP contribution in [0.25, 0.3) is 11.2 Å². The van der Waals surface area contributed by atoms with Gasteiger partial charge in [0, 0.05) is 0 Å². The number of aromatic nitrogens is 4. The zero-order valence-corrected chi connectivity index (χ0v) is 12.6. The molecule has 2 aromatic heterocycles. The Morgan fingerprint density at radius 3 is 2.96 bits per heavy atom. The summed E-state index contributed by atoms with van der Waals surface area (Å²) in [6.07, 6.45) is -0.183. The Labute approximate surface area is 136 Å². The average Bonchev–Trinajstić information content (AvgIpc) is 3.10. The zero-order chi connectivity index (χ0) is 17.3. The first-order valence-corrected chi connectivity index (χ1v) is 7.24. The van der Waals surface area contributed by atoms with Gasteiger partial charge in [-0.3, -0.25) is 9.36 Å². The lowest BCUT2D eigenvalue weighted by atomic mass is 10.1. The number of imidazole rings is 1. The molecule has 4 N–H and O–H groups in total. The smallest absolute Gasteiger partial charge is 0.309 e. The number of nitrogens with zero attached hydrogens (tertiary/aromatic N) is 4. The highest BCUT2D eigenvalue weighted by Gasteiger charge is 2.44. The molecule has 4 atom stereocenters. The molecule has 2 aromatic rings. The second-order valence-electron chi connectivity index (χ2n) is 5.31. The number of anilines is 1. The number of hydrogen-bond acceptors (Lipinski definition) is 9. The third-order valence-electron chi connectivity index (χ3n) is 3.72. The molecular formula is C14H17N5O5. The van der Waals surface area contributed by atoms with Crippen molar-refractivity contribution >= 4 is 23.0 Å². The number of aliphatic hydroxyl groups excluding tert-OH is 2. The van der Waals surface area contributed by atoms with Gasteiger partial charge in [0.1, 0.15) is 36.8 Å². The van der Waals surface area contributed by atoms with E-state index in [1.165, 1.54) is 23.3 Å². The van der Waals surface area contributed by atoms with E-state index in [-0.39, 0.29) is 18.8 Å². The first-order chi connectivity index (χ1) is 11.5. The van der Waals surface area contributed by atoms with Gasteiger partial charge in [-0.15, -0.1) is 6.58 Å². The molecule has 10 nitrogen and oxygen atoms in total. The number of nitrogen functional groups attached to an aromatic ring is 1. The maximum atomic E-state index is 11.4. The highest BCUT2D eigenvalue weighted by atomic mass is 16.6. The highest BCUT2D eigenvalue weighted by Crippen LogP contribution is 2.32. The fourth-order valence-corrected chi connectivity index (χ4v) is 2.50. The minimum atomic E-state index is -1.25. The van der Waals surface area contributed by atoms with Crippen molar-refractivity contribution in [1.29, 1.82) is 0 Å². The van der Waals surface area contributed by atoms with Crippen LogP contribution in [0.1, 0.15) is 12.6 Å². The Bertz CT molecular complexity index is 763. The number of ether oxygens (including phenoxy) is 2. The van der Waals surface area contributed by atoms with Crippen LogP contribution in [-0.4, -0.2) is 60.6 Å². The van der Waals surface area contributed by atoms with E-state index in [2.05, 4.69) is 21.5 Å². The van der Waals surface area contributed by atoms with Crippen molar-refractivity contribution in [3.05, 3.63) is 25.3 Å². The summed E-state index contributed by atoms with van der Waals surface area (Å²) in [5.41, 5.74) is 6.45. The molecule has 0 saturated carbocycles. The van der Waals surface area contributed by atoms with Crippen molar-refractivity contribution in [1.82, 2.24) is 19.5 Å². The Kier molecular flexibility index (Phi) is 4.42. The second kappa shape index (κ2) is 6.51. The van der Waals surface area contributed by atoms with Gasteiger partial charge in [0.2, 0.25) is 0 Å². The van der Waals surface area contributed by atoms with Crippen molar-refractivity contribution in [3.8, 4) is 0 Å². The monoisotopic (exact) mass is 335 g/mol. The van der Waals surface area contributed by atoms with Crippen molar-refractivity contribution in [2.24, 2.45) is 0 Å². The van der Waals surface area contributed by atoms with Crippen molar-refractivity contribution in [2.45, 2.75) is 31.0 Å². The van der Waals surface area contributed by atoms with Crippen LogP contribution in [0.4, 0.5) is 5.82 Å². The Balaban J connectivity index is 1.78. The van der Waals surface area contributed by atoms with E-state index in [1.807, 2.05) is 0 Å². The summed E-state index contributed by atoms with van der Waals surface area (Å²) in [6, 6.07) is 0. The number of fused-ring (bicyclic) bond motifs is 1. The Morgan fingerprint density at radius 2 is 2.21 bits per heavy atom. The zero-order valence-electron chi connectivity index (χ0n) is 12.6. The molecule has 0 spiro atoms. The molecule has 24 heavy (non-hydrogen) atoms. The van der Waals surface area contributed by atoms with Gasteiger partial charge in [-0.1, -0.05) is 6.08 Å². The van der Waals surface area contributed by atoms with Crippen LogP contribution < -0.4 is 5.73 Å². The van der Waals surface area contributed by atoms with Crippen LogP contribution in [0.2, 0.25) is 0 Å². The minimum absolute atomic E-state index is 0.0527. The number of carbonyl (C=O) groups excluding carboxylic acids is 1. The van der Waals surface area contributed by atoms with Crippen LogP contribution in [0.15, 0.2) is 25.3 Å². The largest absolute Gasteiger partial charge is 0.463 e. The molecule has 10 heteroatoms. The summed E-state index contributed by atoms with van der Waals surface area (Å²) in [5, 5.41) is 20.4. The molecule has 1 aliphatic rings. The SMILES string of the molecule is C=CCC(=O)OC[C@H]1O[C@@H](n2cnc3c(N)ncnc32)[C@H](O)[C@@H]1O. The number of carbonyl (C=O) groups is 1. The van der Waals surface area contributed by atoms with Crippen LogP contribution >= 0.6 is 0 Å². The number of nitrogens with two attached hydrogens (primary N) is 1. The van der Waals surface area contributed by atoms with Crippen molar-refractivity contribution in [3.63, 3.8) is 0 Å². The predicted octanol–water partition coefficient (Wildman–Crippen LogP) is -0.853. The second-order valence-corrected chi connectivity index (χ2v) is 5.31. The van der Waals surface area contributed by atoms with E-state index in [1.54, 1.807) is 0 Å². The third kappa shape index (κ3) is 2.82. The minimum Gasteiger partial charge on any atom is -0.463 e. The van der Waals surface area contributed by atoms with E-state index in [0.29, 0.717) is 11.2 Å². The lowest BCUT2D eigenvalue weighted by molar-refractivity contribution is -0.149. The third-order valence-corrected chi connectivity index (χ3v) is 3.72. The Hall–Kier alpha value is -2.56. The fraction of sp³-hybridized carbons (Fsp3) is 0.429. The summed E-state index contributed by atoms with van der Waals surface area (Å²) in [5.74, 6) is -0.297. The molecule has 1 aliphatic heterocycles. The van der Waals surface area contributed by atoms with Gasteiger partial charge in [-0.05, 0) is 0 Å². The molecule has 0 unspecified atom stereocenters. The van der Waals surface area contributed by atoms with E-state index in [4.69, 9.17) is 15.2 Å². The molecule has 3 rings (SSSR count). The first-order valence-electron chi connectivity index (χ1n) is 7.24. The molecule has 1 fully saturated rings. The number of rotatable bonds is 5. The lowest BCUT2D eigenvalue weighted by Gasteiger charge is -2.16. The van der Waals surface area contributed by atoms with Crippen molar-refractivity contribution in [2.75, 3.05) is 12.3 Å². The number of aliphatic hydroxyl groups is 2. The Morgan fingerprint density at radius 1 is 1.42 bits per heavy atom. The topological polar surface area (TPSA) is 146 Å². The summed E-state index contributed by atoms with van der Waals surface area (Å²) in [6.45, 7) is 3.25. The summed E-state index contributed by atoms with van der Waals surface area (Å²) in [4.78, 5) is 23.4. The standard InChI is InChI=1S/C14H17N5O5/c1-2-3-8(20)23-4-7-10(21)11(22)14(24-7)19-6-18-9-12(15)16-5-17-13(9)19/h2,5-7,10-11,14,21-22H,1,3-4H2,(H2,15,16,17)/t7-,10-,11-,14-/m1/s1. The van der Waals surface area contributed by atoms with E-state index in [0.717, 1.165) is 0 Å². The van der Waals surface area contributed by atoms with Gasteiger partial charge in [-0.25, -0.2) is 15.0 Å². The number of esters is 1. The molecular weight excluding hydrogens is 318 g/mol. The fourth-order valence-electron chi connectivity index (χ4n) is 2.50. The normalized spacial score (nSPS) is 26.6. The van der Waals surface area contributed by atoms with Crippen LogP contribution in [-0.2, 0) is 14.3 Å². The van der Waals surface area contributed by atoms with Gasteiger partial charge in [0.15, 0.2) is 17.7 Å². The van der Waals surface area contributed by atoms with Crippen LogP contribution in [0.3, 0.4) is 0 Å². The molecule has 128 valence electrons. The maximum absolute atomic E-state index is 11.4. The van der Waals surface area contributed by atoms with Crippen molar-refractivity contribution < 1.29 is 24.5 Å². The van der Waals surface area contributed by atoms with Gasteiger partial charge in [0.05, 0.1) is 12.7 Å². The van der Waals surface area contributed by atoms with Gasteiger partial charge in [-0.2, -0.15) is 0 Å². The van der Waals surface area contributed by atoms with Gasteiger partial charge < -0.3 is 25.4 Å². The van der Waals surface area contributed by atoms with Gasteiger partial charge >= 0.3 is 5.97 Å². The van der Waals surface area contributed by atoms with E-state index in [9.17, 15) is 15.0 Å². The highest BCUT2D eigenvalue weighted by molar-refractivity contribution is 5.81. The summed E-state index contributed by atoms with van der Waals surface area (Å²) >= 11 is 0. The summed E-state index contributed by atoms with van der Waals surface area (Å²) < 4.78 is 12.1. The molecule has 3 heterocycles. The molecule has 0 bridgehead atoms. The molecule has 0 amide bonds. The van der Waals surface area contributed by atoms with Crippen LogP contribution in [0.5, 0.6) is 0 Å². The molecule has 0 radical (unpaired) electrons. The quantitative estimate of drug-likeness (QED) is 0.469. The first kappa shape index (κ1) is 16.3. The maximum Gasteiger partial charge on any atom is 0.309 e. The van der Waals surface area contributed by atoms with E-state index < -0.39 is 30.5 Å². The molecule has 1 saturated heterocycles. The molecule has 0 aromatic carbocycles. The van der Waals surface area contributed by atoms with Crippen LogP contribution in [0, 0.1) is 0 Å². The molecule has 0 aliphatic carbocycles. The average molecular weight is 335 g/mol. The van der Waals surface area contributed by atoms with Gasteiger partial charge in [0.25, 0.3) is 0 Å². The number of hydrogen-bond donors (Lipinski definition) is 3. The predicted molar refractivity (Wildman–Crippen MR) is 81.4 cm³/mol.